The van der Waals surface area contributed by atoms with E-state index >= 15 is 0 Å². The number of allylic oxidation sites excluding steroid dienone is 3. The molecule has 67 heavy (non-hydrogen) atoms. The number of hydrogen-bond acceptors (Lipinski definition) is 3. The van der Waals surface area contributed by atoms with Gasteiger partial charge in [0.05, 0.1) is 6.04 Å². The quantitative estimate of drug-likeness (QED) is 0.0671. The SMILES string of the molecule is C[Si](C)(O[Si](C)(C)c1ccc(/C=C/c2ccc(C/C(=C/c3ccccc3)c3ccccc3)cc2)cc1)O[Si](C)(C)c1ccc(/C=C/c2ccc(N(c3ccccc3)C3C=CC=CC3)cc2)cc1. The Labute approximate surface area is 403 Å². The van der Waals surface area contributed by atoms with E-state index in [2.05, 4.69) is 287 Å². The van der Waals surface area contributed by atoms with Crippen molar-refractivity contribution in [1.29, 1.82) is 0 Å². The number of anilines is 2. The van der Waals surface area contributed by atoms with Crippen LogP contribution in [0.4, 0.5) is 11.4 Å². The topological polar surface area (TPSA) is 21.7 Å². The molecule has 1 aliphatic rings. The van der Waals surface area contributed by atoms with E-state index in [-0.39, 0.29) is 6.04 Å². The molecule has 0 radical (unpaired) electrons. The molecule has 7 aromatic rings. The molecule has 8 rings (SSSR count). The summed E-state index contributed by atoms with van der Waals surface area (Å²) in [5, 5.41) is 2.54. The fourth-order valence-corrected chi connectivity index (χ4v) is 22.2. The third-order valence-corrected chi connectivity index (χ3v) is 23.8. The molecular weight excluding hydrogens is 863 g/mol. The molecule has 0 saturated heterocycles. The van der Waals surface area contributed by atoms with Gasteiger partial charge in [-0.05, 0) is 131 Å². The van der Waals surface area contributed by atoms with Crippen LogP contribution in [-0.4, -0.2) is 31.2 Å². The molecule has 0 aromatic heterocycles. The molecule has 0 spiro atoms. The Kier molecular flexibility index (Phi) is 15.1. The van der Waals surface area contributed by atoms with Crippen LogP contribution in [-0.2, 0) is 14.7 Å². The van der Waals surface area contributed by atoms with Crippen LogP contribution < -0.4 is 15.3 Å². The van der Waals surface area contributed by atoms with Gasteiger partial charge in [0, 0.05) is 11.4 Å². The zero-order valence-corrected chi connectivity index (χ0v) is 42.8. The van der Waals surface area contributed by atoms with Crippen molar-refractivity contribution in [2.24, 2.45) is 0 Å². The normalized spacial score (nSPS) is 14.5. The van der Waals surface area contributed by atoms with E-state index in [0.717, 1.165) is 12.8 Å². The van der Waals surface area contributed by atoms with Gasteiger partial charge < -0.3 is 13.1 Å². The second-order valence-corrected chi connectivity index (χ2v) is 30.4. The summed E-state index contributed by atoms with van der Waals surface area (Å²) in [6, 6.07) is 67.9. The van der Waals surface area contributed by atoms with Gasteiger partial charge in [0.1, 0.15) is 0 Å². The minimum absolute atomic E-state index is 0.287. The van der Waals surface area contributed by atoms with Crippen molar-refractivity contribution in [3.05, 3.63) is 251 Å². The zero-order valence-electron chi connectivity index (χ0n) is 39.8. The molecule has 0 N–H and O–H groups in total. The van der Waals surface area contributed by atoms with Crippen LogP contribution in [0, 0.1) is 0 Å². The van der Waals surface area contributed by atoms with E-state index in [1.54, 1.807) is 0 Å². The van der Waals surface area contributed by atoms with Crippen molar-refractivity contribution in [3.63, 3.8) is 0 Å². The fourth-order valence-electron chi connectivity index (χ4n) is 8.98. The van der Waals surface area contributed by atoms with Crippen molar-refractivity contribution >= 4 is 82.9 Å². The molecule has 0 fully saturated rings. The van der Waals surface area contributed by atoms with Crippen LogP contribution in [0.25, 0.3) is 36.0 Å². The summed E-state index contributed by atoms with van der Waals surface area (Å²) >= 11 is 0. The van der Waals surface area contributed by atoms with Crippen molar-refractivity contribution < 1.29 is 8.23 Å². The smallest absolute Gasteiger partial charge is 0.311 e. The summed E-state index contributed by atoms with van der Waals surface area (Å²) in [6.45, 7) is 13.6. The molecule has 1 aliphatic carbocycles. The maximum absolute atomic E-state index is 7.08. The monoisotopic (exact) mass is 925 g/mol. The lowest BCUT2D eigenvalue weighted by molar-refractivity contribution is 0.401. The Balaban J connectivity index is 0.851. The first kappa shape index (κ1) is 47.1. The van der Waals surface area contributed by atoms with Crippen LogP contribution >= 0.6 is 0 Å². The van der Waals surface area contributed by atoms with Gasteiger partial charge in [0.2, 0.25) is 16.6 Å². The Hall–Kier alpha value is -6.39. The lowest BCUT2D eigenvalue weighted by atomic mass is 9.95. The number of nitrogens with zero attached hydrogens (tertiary/aromatic N) is 1. The molecule has 0 bridgehead atoms. The van der Waals surface area contributed by atoms with Gasteiger partial charge in [0.15, 0.2) is 0 Å². The molecule has 0 amide bonds. The van der Waals surface area contributed by atoms with Crippen LogP contribution in [0.2, 0.25) is 39.3 Å². The summed E-state index contributed by atoms with van der Waals surface area (Å²) in [6.07, 6.45) is 21.7. The Morgan fingerprint density at radius 3 is 1.39 bits per heavy atom. The number of hydrogen-bond donors (Lipinski definition) is 0. The summed E-state index contributed by atoms with van der Waals surface area (Å²) < 4.78 is 14.2. The van der Waals surface area contributed by atoms with Gasteiger partial charge in [-0.15, -0.1) is 0 Å². The Morgan fingerprint density at radius 1 is 0.478 bits per heavy atom. The Morgan fingerprint density at radius 2 is 0.910 bits per heavy atom. The molecule has 7 aromatic carbocycles. The molecule has 1 unspecified atom stereocenters. The highest BCUT2D eigenvalue weighted by Crippen LogP contribution is 2.32. The minimum Gasteiger partial charge on any atom is -0.433 e. The van der Waals surface area contributed by atoms with Gasteiger partial charge in [-0.25, -0.2) is 0 Å². The average molecular weight is 926 g/mol. The number of para-hydroxylation sites is 1. The predicted octanol–water partition coefficient (Wildman–Crippen LogP) is 15.1. The Bertz CT molecular complexity index is 2830. The maximum atomic E-state index is 7.08. The average Bonchev–Trinajstić information content (AvgIpc) is 3.34. The highest BCUT2D eigenvalue weighted by atomic mass is 28.5. The number of rotatable bonds is 17. The van der Waals surface area contributed by atoms with E-state index in [1.807, 2.05) is 0 Å². The first-order valence-corrected chi connectivity index (χ1v) is 32.2. The molecular formula is C61H63NO2Si3. The summed E-state index contributed by atoms with van der Waals surface area (Å²) in [4.78, 5) is 2.42. The summed E-state index contributed by atoms with van der Waals surface area (Å²) in [5.74, 6) is 0. The first-order chi connectivity index (χ1) is 32.4. The lowest BCUT2D eigenvalue weighted by Gasteiger charge is -2.39. The fraction of sp³-hybridized carbons (Fsp3) is 0.148. The summed E-state index contributed by atoms with van der Waals surface area (Å²) in [5.41, 5.74) is 12.1. The zero-order chi connectivity index (χ0) is 46.7. The highest BCUT2D eigenvalue weighted by molar-refractivity contribution is 6.95. The lowest BCUT2D eigenvalue weighted by Crippen LogP contribution is -2.59. The molecule has 6 heteroatoms. The van der Waals surface area contributed by atoms with Crippen molar-refractivity contribution in [3.8, 4) is 0 Å². The van der Waals surface area contributed by atoms with Gasteiger partial charge in [-0.2, -0.15) is 0 Å². The third kappa shape index (κ3) is 12.9. The molecule has 0 saturated carbocycles. The van der Waals surface area contributed by atoms with E-state index in [9.17, 15) is 0 Å². The van der Waals surface area contributed by atoms with Crippen molar-refractivity contribution in [2.45, 2.75) is 58.2 Å². The van der Waals surface area contributed by atoms with Crippen molar-refractivity contribution in [1.82, 2.24) is 0 Å². The third-order valence-electron chi connectivity index (χ3n) is 12.3. The van der Waals surface area contributed by atoms with E-state index in [1.165, 1.54) is 66.3 Å². The summed E-state index contributed by atoms with van der Waals surface area (Å²) in [7, 11) is -7.05. The van der Waals surface area contributed by atoms with E-state index in [4.69, 9.17) is 8.23 Å². The van der Waals surface area contributed by atoms with Crippen LogP contribution in [0.3, 0.4) is 0 Å². The van der Waals surface area contributed by atoms with Gasteiger partial charge in [-0.3, -0.25) is 0 Å². The van der Waals surface area contributed by atoms with Gasteiger partial charge >= 0.3 is 8.56 Å². The van der Waals surface area contributed by atoms with Gasteiger partial charge in [-0.1, -0.05) is 218 Å². The van der Waals surface area contributed by atoms with Crippen LogP contribution in [0.5, 0.6) is 0 Å². The minimum atomic E-state index is -2.50. The number of benzene rings is 7. The van der Waals surface area contributed by atoms with Gasteiger partial charge in [0.25, 0.3) is 0 Å². The van der Waals surface area contributed by atoms with E-state index < -0.39 is 25.2 Å². The molecule has 0 aliphatic heterocycles. The largest absolute Gasteiger partial charge is 0.433 e. The molecule has 336 valence electrons. The van der Waals surface area contributed by atoms with Crippen molar-refractivity contribution in [2.75, 3.05) is 4.90 Å². The highest BCUT2D eigenvalue weighted by Gasteiger charge is 2.41. The second kappa shape index (κ2) is 21.5. The van der Waals surface area contributed by atoms with Crippen LogP contribution in [0.1, 0.15) is 45.4 Å². The predicted molar refractivity (Wildman–Crippen MR) is 297 cm³/mol. The first-order valence-electron chi connectivity index (χ1n) is 23.5. The standard InChI is InChI=1S/C61H63NO2Si3/c1-65(2,60-43-37-51(38-44-60)29-27-49-31-33-54(34-32-49)48-56(55-21-13-8-14-22-55)47-53-19-11-7-12-20-53)63-67(5,6)64-66(3,4)61-45-39-52(40-46-61)30-28-50-35-41-59(42-36-50)62(57-23-15-9-16-24-57)58-25-17-10-18-26-58/h7-25,27-47,58H,26,48H2,1-6H3/b29-27+,30-28+,56-47-. The molecule has 0 heterocycles. The second-order valence-electron chi connectivity index (χ2n) is 18.8. The van der Waals surface area contributed by atoms with Crippen LogP contribution in [0.15, 0.2) is 212 Å². The maximum Gasteiger partial charge on any atom is 0.311 e. The molecule has 3 nitrogen and oxygen atoms in total. The van der Waals surface area contributed by atoms with E-state index in [0.29, 0.717) is 0 Å². The molecule has 1 atom stereocenters.